The van der Waals surface area contributed by atoms with Crippen molar-refractivity contribution in [3.05, 3.63) is 59.9 Å². The van der Waals surface area contributed by atoms with Gasteiger partial charge in [0, 0.05) is 18.6 Å². The predicted molar refractivity (Wildman–Crippen MR) is 109 cm³/mol. The molecule has 148 valence electrons. The molecular weight excluding hydrogens is 372 g/mol. The van der Waals surface area contributed by atoms with E-state index in [1.807, 2.05) is 49.4 Å². The summed E-state index contributed by atoms with van der Waals surface area (Å²) in [4.78, 5) is 45.1. The minimum Gasteiger partial charge on any atom is -0.481 e. The van der Waals surface area contributed by atoms with Crippen molar-refractivity contribution < 1.29 is 19.5 Å². The number of benzene rings is 2. The van der Waals surface area contributed by atoms with Crippen LogP contribution in [-0.4, -0.2) is 39.9 Å². The van der Waals surface area contributed by atoms with Gasteiger partial charge in [0.25, 0.3) is 5.91 Å². The van der Waals surface area contributed by atoms with E-state index in [0.717, 1.165) is 16.5 Å². The SMILES string of the molecule is CCc1nc(NC(=O)CC(=O)O)ncc1C(=O)N(C)c1cccc2ccccc12. The Balaban J connectivity index is 1.90. The van der Waals surface area contributed by atoms with Gasteiger partial charge >= 0.3 is 5.97 Å². The number of nitrogens with zero attached hydrogens (tertiary/aromatic N) is 3. The molecule has 0 atom stereocenters. The molecule has 0 unspecified atom stereocenters. The van der Waals surface area contributed by atoms with Crippen molar-refractivity contribution in [2.75, 3.05) is 17.3 Å². The summed E-state index contributed by atoms with van der Waals surface area (Å²) in [5, 5.41) is 13.0. The molecule has 0 radical (unpaired) electrons. The molecule has 1 heterocycles. The van der Waals surface area contributed by atoms with Crippen LogP contribution in [0.5, 0.6) is 0 Å². The monoisotopic (exact) mass is 392 g/mol. The van der Waals surface area contributed by atoms with Crippen molar-refractivity contribution in [1.29, 1.82) is 0 Å². The summed E-state index contributed by atoms with van der Waals surface area (Å²) in [6, 6.07) is 13.5. The number of aryl methyl sites for hydroxylation is 1. The van der Waals surface area contributed by atoms with Gasteiger partial charge in [0.05, 0.1) is 16.9 Å². The van der Waals surface area contributed by atoms with E-state index in [1.54, 1.807) is 11.9 Å². The Morgan fingerprint density at radius 3 is 2.55 bits per heavy atom. The van der Waals surface area contributed by atoms with Crippen LogP contribution in [0, 0.1) is 0 Å². The lowest BCUT2D eigenvalue weighted by Gasteiger charge is -2.20. The summed E-state index contributed by atoms with van der Waals surface area (Å²) in [5.74, 6) is -2.28. The van der Waals surface area contributed by atoms with E-state index in [4.69, 9.17) is 5.11 Å². The molecule has 1 aromatic heterocycles. The van der Waals surface area contributed by atoms with Gasteiger partial charge in [-0.2, -0.15) is 0 Å². The molecule has 3 rings (SSSR count). The summed E-state index contributed by atoms with van der Waals surface area (Å²) < 4.78 is 0. The van der Waals surface area contributed by atoms with E-state index in [1.165, 1.54) is 6.20 Å². The second kappa shape index (κ2) is 8.47. The van der Waals surface area contributed by atoms with Crippen molar-refractivity contribution in [2.45, 2.75) is 19.8 Å². The third-order valence-electron chi connectivity index (χ3n) is 4.43. The number of aliphatic carboxylic acids is 1. The van der Waals surface area contributed by atoms with Crippen molar-refractivity contribution >= 4 is 40.2 Å². The van der Waals surface area contributed by atoms with E-state index in [2.05, 4.69) is 15.3 Å². The molecular formula is C21H20N4O4. The van der Waals surface area contributed by atoms with E-state index in [9.17, 15) is 14.4 Å². The maximum Gasteiger partial charge on any atom is 0.312 e. The number of amides is 2. The first-order chi connectivity index (χ1) is 13.9. The number of carboxylic acids is 1. The molecule has 0 saturated carbocycles. The summed E-state index contributed by atoms with van der Waals surface area (Å²) in [5.41, 5.74) is 1.54. The largest absolute Gasteiger partial charge is 0.481 e. The van der Waals surface area contributed by atoms with Crippen molar-refractivity contribution in [3.8, 4) is 0 Å². The molecule has 0 aliphatic rings. The average molecular weight is 392 g/mol. The number of carbonyl (C=O) groups excluding carboxylic acids is 2. The summed E-state index contributed by atoms with van der Waals surface area (Å²) in [7, 11) is 1.69. The smallest absolute Gasteiger partial charge is 0.312 e. The molecule has 0 fully saturated rings. The third-order valence-corrected chi connectivity index (χ3v) is 4.43. The standard InChI is InChI=1S/C21H20N4O4/c1-3-16-15(12-22-21(23-16)24-18(26)11-19(27)28)20(29)25(2)17-10-6-8-13-7-4-5-9-14(13)17/h4-10,12H,3,11H2,1-2H3,(H,27,28)(H,22,23,24,26). The minimum atomic E-state index is -1.25. The van der Waals surface area contributed by atoms with Crippen LogP contribution < -0.4 is 10.2 Å². The normalized spacial score (nSPS) is 10.6. The van der Waals surface area contributed by atoms with E-state index in [-0.39, 0.29) is 11.9 Å². The lowest BCUT2D eigenvalue weighted by molar-refractivity contribution is -0.139. The van der Waals surface area contributed by atoms with Crippen LogP contribution in [0.1, 0.15) is 29.4 Å². The average Bonchev–Trinajstić information content (AvgIpc) is 2.71. The van der Waals surface area contributed by atoms with Crippen LogP contribution in [0.3, 0.4) is 0 Å². The first kappa shape index (κ1) is 19.9. The maximum atomic E-state index is 13.1. The Morgan fingerprint density at radius 1 is 1.10 bits per heavy atom. The molecule has 0 aliphatic heterocycles. The van der Waals surface area contributed by atoms with Gasteiger partial charge in [0.15, 0.2) is 0 Å². The van der Waals surface area contributed by atoms with Crippen LogP contribution in [0.4, 0.5) is 11.6 Å². The van der Waals surface area contributed by atoms with Crippen LogP contribution in [0.2, 0.25) is 0 Å². The Morgan fingerprint density at radius 2 is 1.83 bits per heavy atom. The van der Waals surface area contributed by atoms with Crippen molar-refractivity contribution in [3.63, 3.8) is 0 Å². The number of aromatic nitrogens is 2. The highest BCUT2D eigenvalue weighted by Gasteiger charge is 2.20. The molecule has 2 N–H and O–H groups in total. The Bertz CT molecular complexity index is 1090. The van der Waals surface area contributed by atoms with E-state index >= 15 is 0 Å². The molecule has 8 nitrogen and oxygen atoms in total. The number of hydrogen-bond acceptors (Lipinski definition) is 5. The van der Waals surface area contributed by atoms with Crippen molar-refractivity contribution in [1.82, 2.24) is 9.97 Å². The number of fused-ring (bicyclic) bond motifs is 1. The Kier molecular flexibility index (Phi) is 5.82. The number of carbonyl (C=O) groups is 3. The number of rotatable bonds is 6. The van der Waals surface area contributed by atoms with Crippen molar-refractivity contribution in [2.24, 2.45) is 0 Å². The van der Waals surface area contributed by atoms with Gasteiger partial charge in [-0.05, 0) is 17.9 Å². The van der Waals surface area contributed by atoms with Gasteiger partial charge in [-0.15, -0.1) is 0 Å². The molecule has 0 aliphatic carbocycles. The molecule has 2 amide bonds. The summed E-state index contributed by atoms with van der Waals surface area (Å²) >= 11 is 0. The highest BCUT2D eigenvalue weighted by Crippen LogP contribution is 2.27. The minimum absolute atomic E-state index is 0.0301. The van der Waals surface area contributed by atoms with Gasteiger partial charge < -0.3 is 10.0 Å². The number of nitrogens with one attached hydrogen (secondary N) is 1. The Hall–Kier alpha value is -3.81. The second-order valence-electron chi connectivity index (χ2n) is 6.39. The number of carboxylic acid groups (broad SMARTS) is 1. The van der Waals surface area contributed by atoms with Crippen LogP contribution in [-0.2, 0) is 16.0 Å². The number of anilines is 2. The molecule has 8 heteroatoms. The summed E-state index contributed by atoms with van der Waals surface area (Å²) in [6.07, 6.45) is 1.11. The second-order valence-corrected chi connectivity index (χ2v) is 6.39. The highest BCUT2D eigenvalue weighted by molar-refractivity contribution is 6.11. The molecule has 0 spiro atoms. The third kappa shape index (κ3) is 4.37. The predicted octanol–water partition coefficient (Wildman–Crippen LogP) is 2.88. The lowest BCUT2D eigenvalue weighted by Crippen LogP contribution is -2.28. The first-order valence-corrected chi connectivity index (χ1v) is 9.04. The zero-order valence-corrected chi connectivity index (χ0v) is 16.0. The fraction of sp³-hybridized carbons (Fsp3) is 0.190. The molecule has 0 saturated heterocycles. The maximum absolute atomic E-state index is 13.1. The van der Waals surface area contributed by atoms with Crippen LogP contribution >= 0.6 is 0 Å². The fourth-order valence-corrected chi connectivity index (χ4v) is 3.02. The Labute approximate surface area is 167 Å². The molecule has 3 aromatic rings. The quantitative estimate of drug-likeness (QED) is 0.624. The fourth-order valence-electron chi connectivity index (χ4n) is 3.02. The van der Waals surface area contributed by atoms with Gasteiger partial charge in [-0.3, -0.25) is 19.7 Å². The number of hydrogen-bond donors (Lipinski definition) is 2. The van der Waals surface area contributed by atoms with E-state index < -0.39 is 18.3 Å². The van der Waals surface area contributed by atoms with Gasteiger partial charge in [-0.1, -0.05) is 43.3 Å². The van der Waals surface area contributed by atoms with Gasteiger partial charge in [0.1, 0.15) is 6.42 Å². The highest BCUT2D eigenvalue weighted by atomic mass is 16.4. The first-order valence-electron chi connectivity index (χ1n) is 9.04. The zero-order chi connectivity index (χ0) is 21.0. The molecule has 29 heavy (non-hydrogen) atoms. The van der Waals surface area contributed by atoms with Crippen LogP contribution in [0.15, 0.2) is 48.7 Å². The van der Waals surface area contributed by atoms with Crippen LogP contribution in [0.25, 0.3) is 10.8 Å². The molecule has 2 aromatic carbocycles. The summed E-state index contributed by atoms with van der Waals surface area (Å²) in [6.45, 7) is 1.83. The molecule has 0 bridgehead atoms. The topological polar surface area (TPSA) is 112 Å². The lowest BCUT2D eigenvalue weighted by atomic mass is 10.1. The zero-order valence-electron chi connectivity index (χ0n) is 16.0. The van der Waals surface area contributed by atoms with Gasteiger partial charge in [-0.25, -0.2) is 9.97 Å². The van der Waals surface area contributed by atoms with E-state index in [0.29, 0.717) is 17.7 Å². The van der Waals surface area contributed by atoms with Gasteiger partial charge in [0.2, 0.25) is 11.9 Å².